The molecule has 4 nitrogen and oxygen atoms in total. The van der Waals surface area contributed by atoms with Crippen molar-refractivity contribution in [2.75, 3.05) is 6.61 Å². The van der Waals surface area contributed by atoms with Crippen molar-refractivity contribution in [1.29, 1.82) is 0 Å². The van der Waals surface area contributed by atoms with Gasteiger partial charge in [-0.3, -0.25) is 9.48 Å². The standard InChI is InChI=1S/C16H12N2O2S/c19-8-3-4-12-7-9-21-16(12)11-18-14-6-2-1-5-13(14)15(20)10-17-18/h1-2,5-7,9-10,19H,8,11H2. The molecule has 0 unspecified atom stereocenters. The quantitative estimate of drug-likeness (QED) is 0.734. The number of benzene rings is 1. The molecule has 21 heavy (non-hydrogen) atoms. The van der Waals surface area contributed by atoms with Crippen molar-refractivity contribution in [2.24, 2.45) is 0 Å². The van der Waals surface area contributed by atoms with E-state index in [1.54, 1.807) is 22.1 Å². The van der Waals surface area contributed by atoms with Gasteiger partial charge < -0.3 is 5.11 Å². The van der Waals surface area contributed by atoms with Crippen LogP contribution in [0.4, 0.5) is 0 Å². The Morgan fingerprint density at radius 3 is 3.00 bits per heavy atom. The van der Waals surface area contributed by atoms with Crippen LogP contribution < -0.4 is 5.43 Å². The van der Waals surface area contributed by atoms with Crippen LogP contribution in [-0.4, -0.2) is 21.5 Å². The smallest absolute Gasteiger partial charge is 0.207 e. The Kier molecular flexibility index (Phi) is 3.82. The van der Waals surface area contributed by atoms with Crippen molar-refractivity contribution in [3.8, 4) is 11.8 Å². The Labute approximate surface area is 125 Å². The van der Waals surface area contributed by atoms with Gasteiger partial charge in [-0.15, -0.1) is 11.3 Å². The molecule has 0 radical (unpaired) electrons. The molecule has 0 spiro atoms. The number of aromatic nitrogens is 2. The van der Waals surface area contributed by atoms with Crippen molar-refractivity contribution in [2.45, 2.75) is 6.54 Å². The molecule has 0 aliphatic heterocycles. The number of aliphatic hydroxyl groups excluding tert-OH is 1. The monoisotopic (exact) mass is 296 g/mol. The number of hydrogen-bond donors (Lipinski definition) is 1. The Morgan fingerprint density at radius 1 is 1.29 bits per heavy atom. The number of fused-ring (bicyclic) bond motifs is 1. The van der Waals surface area contributed by atoms with Crippen molar-refractivity contribution < 1.29 is 5.11 Å². The molecule has 5 heteroatoms. The Bertz CT molecular complexity index is 900. The van der Waals surface area contributed by atoms with E-state index >= 15 is 0 Å². The van der Waals surface area contributed by atoms with E-state index in [0.29, 0.717) is 11.9 Å². The summed E-state index contributed by atoms with van der Waals surface area (Å²) >= 11 is 1.58. The zero-order valence-corrected chi connectivity index (χ0v) is 11.9. The van der Waals surface area contributed by atoms with E-state index in [-0.39, 0.29) is 12.0 Å². The largest absolute Gasteiger partial charge is 0.384 e. The molecule has 0 aliphatic rings. The number of thiophene rings is 1. The predicted octanol–water partition coefficient (Wildman–Crippen LogP) is 1.85. The molecule has 2 heterocycles. The van der Waals surface area contributed by atoms with E-state index in [9.17, 15) is 4.79 Å². The van der Waals surface area contributed by atoms with Crippen LogP contribution in [0.15, 0.2) is 46.7 Å². The molecule has 0 amide bonds. The van der Waals surface area contributed by atoms with Gasteiger partial charge in [0.1, 0.15) is 6.61 Å². The number of nitrogens with zero attached hydrogens (tertiary/aromatic N) is 2. The van der Waals surface area contributed by atoms with E-state index in [0.717, 1.165) is 16.0 Å². The van der Waals surface area contributed by atoms with Crippen molar-refractivity contribution in [1.82, 2.24) is 9.78 Å². The van der Waals surface area contributed by atoms with Gasteiger partial charge in [0, 0.05) is 15.8 Å². The topological polar surface area (TPSA) is 55.1 Å². The summed E-state index contributed by atoms with van der Waals surface area (Å²) in [5.74, 6) is 5.59. The summed E-state index contributed by atoms with van der Waals surface area (Å²) in [6.07, 6.45) is 1.34. The number of aliphatic hydroxyl groups is 1. The summed E-state index contributed by atoms with van der Waals surface area (Å²) < 4.78 is 1.80. The second-order valence-electron chi connectivity index (χ2n) is 4.40. The Hall–Kier alpha value is -2.42. The summed E-state index contributed by atoms with van der Waals surface area (Å²) in [4.78, 5) is 12.9. The fourth-order valence-electron chi connectivity index (χ4n) is 2.13. The molecule has 2 aromatic heterocycles. The molecular formula is C16H12N2O2S. The summed E-state index contributed by atoms with van der Waals surface area (Å²) in [6, 6.07) is 9.35. The molecule has 1 aromatic carbocycles. The molecule has 104 valence electrons. The zero-order valence-electron chi connectivity index (χ0n) is 11.1. The zero-order chi connectivity index (χ0) is 14.7. The molecule has 0 bridgehead atoms. The molecule has 0 atom stereocenters. The van der Waals surface area contributed by atoms with Crippen LogP contribution in [-0.2, 0) is 6.54 Å². The molecule has 0 saturated carbocycles. The van der Waals surface area contributed by atoms with Crippen LogP contribution in [0.1, 0.15) is 10.4 Å². The molecule has 3 rings (SSSR count). The minimum atomic E-state index is -0.158. The van der Waals surface area contributed by atoms with Crippen molar-refractivity contribution in [3.05, 3.63) is 62.6 Å². The lowest BCUT2D eigenvalue weighted by Gasteiger charge is -2.08. The maximum Gasteiger partial charge on any atom is 0.207 e. The van der Waals surface area contributed by atoms with Gasteiger partial charge in [-0.1, -0.05) is 24.0 Å². The highest BCUT2D eigenvalue weighted by Gasteiger charge is 2.07. The van der Waals surface area contributed by atoms with Crippen LogP contribution in [0, 0.1) is 11.8 Å². The van der Waals surface area contributed by atoms with E-state index in [1.807, 2.05) is 29.6 Å². The predicted molar refractivity (Wildman–Crippen MR) is 83.4 cm³/mol. The maximum atomic E-state index is 11.8. The highest BCUT2D eigenvalue weighted by molar-refractivity contribution is 7.10. The highest BCUT2D eigenvalue weighted by atomic mass is 32.1. The third-order valence-electron chi connectivity index (χ3n) is 3.10. The Morgan fingerprint density at radius 2 is 2.14 bits per heavy atom. The SMILES string of the molecule is O=c1cnn(Cc2sccc2C#CCO)c2ccccc12. The lowest BCUT2D eigenvalue weighted by atomic mass is 10.2. The lowest BCUT2D eigenvalue weighted by molar-refractivity contribution is 0.350. The molecule has 3 aromatic rings. The number of hydrogen-bond acceptors (Lipinski definition) is 4. The number of para-hydroxylation sites is 1. The minimum absolute atomic E-state index is 0.0756. The van der Waals surface area contributed by atoms with E-state index in [1.165, 1.54) is 6.20 Å². The van der Waals surface area contributed by atoms with Gasteiger partial charge in [0.15, 0.2) is 0 Å². The second kappa shape index (κ2) is 5.92. The molecular weight excluding hydrogens is 284 g/mol. The van der Waals surface area contributed by atoms with Crippen molar-refractivity contribution >= 4 is 22.2 Å². The van der Waals surface area contributed by atoms with Crippen molar-refractivity contribution in [3.63, 3.8) is 0 Å². The first-order chi connectivity index (χ1) is 10.3. The van der Waals surface area contributed by atoms with Gasteiger partial charge in [-0.05, 0) is 23.6 Å². The molecule has 1 N–H and O–H groups in total. The van der Waals surface area contributed by atoms with Crippen LogP contribution in [0.5, 0.6) is 0 Å². The number of rotatable bonds is 2. The third-order valence-corrected chi connectivity index (χ3v) is 4.01. The first kappa shape index (κ1) is 13.6. The summed E-state index contributed by atoms with van der Waals surface area (Å²) in [6.45, 7) is 0.391. The first-order valence-corrected chi connectivity index (χ1v) is 7.28. The minimum Gasteiger partial charge on any atom is -0.384 e. The summed E-state index contributed by atoms with van der Waals surface area (Å²) in [5.41, 5.74) is 1.62. The maximum absolute atomic E-state index is 11.8. The van der Waals surface area contributed by atoms with Gasteiger partial charge in [-0.25, -0.2) is 0 Å². The van der Waals surface area contributed by atoms with E-state index in [2.05, 4.69) is 16.9 Å². The van der Waals surface area contributed by atoms with Gasteiger partial charge in [-0.2, -0.15) is 5.10 Å². The van der Waals surface area contributed by atoms with Gasteiger partial charge in [0.05, 0.1) is 18.3 Å². The average Bonchev–Trinajstić information content (AvgIpc) is 2.95. The fourth-order valence-corrected chi connectivity index (χ4v) is 2.94. The van der Waals surface area contributed by atoms with E-state index < -0.39 is 0 Å². The third kappa shape index (κ3) is 2.72. The van der Waals surface area contributed by atoms with Gasteiger partial charge >= 0.3 is 0 Å². The van der Waals surface area contributed by atoms with Crippen LogP contribution in [0.2, 0.25) is 0 Å². The molecule has 0 aliphatic carbocycles. The first-order valence-electron chi connectivity index (χ1n) is 6.40. The van der Waals surface area contributed by atoms with Crippen LogP contribution in [0.3, 0.4) is 0 Å². The molecule has 0 fully saturated rings. The second-order valence-corrected chi connectivity index (χ2v) is 5.40. The summed E-state index contributed by atoms with van der Waals surface area (Å²) in [7, 11) is 0. The average molecular weight is 296 g/mol. The highest BCUT2D eigenvalue weighted by Crippen LogP contribution is 2.18. The van der Waals surface area contributed by atoms with Gasteiger partial charge in [0.2, 0.25) is 5.43 Å². The Balaban J connectivity index is 2.05. The lowest BCUT2D eigenvalue weighted by Crippen LogP contribution is -2.12. The van der Waals surface area contributed by atoms with Crippen LogP contribution in [0.25, 0.3) is 10.9 Å². The summed E-state index contributed by atoms with van der Waals surface area (Å²) in [5, 5.41) is 15.6. The normalized spacial score (nSPS) is 10.3. The van der Waals surface area contributed by atoms with Gasteiger partial charge in [0.25, 0.3) is 0 Å². The van der Waals surface area contributed by atoms with Crippen LogP contribution >= 0.6 is 11.3 Å². The molecule has 0 saturated heterocycles. The van der Waals surface area contributed by atoms with E-state index in [4.69, 9.17) is 5.11 Å². The fraction of sp³-hybridized carbons (Fsp3) is 0.125.